The summed E-state index contributed by atoms with van der Waals surface area (Å²) in [5.41, 5.74) is 1.84. The van der Waals surface area contributed by atoms with Crippen LogP contribution >= 0.6 is 0 Å². The van der Waals surface area contributed by atoms with Crippen molar-refractivity contribution >= 4 is 17.5 Å². The maximum Gasteiger partial charge on any atom is 0.414 e. The number of anilines is 2. The number of aromatic nitrogens is 3. The first-order chi connectivity index (χ1) is 14.1. The Morgan fingerprint density at radius 3 is 2.93 bits per heavy atom. The molecule has 1 aromatic carbocycles. The van der Waals surface area contributed by atoms with Crippen molar-refractivity contribution in [2.75, 3.05) is 29.4 Å². The van der Waals surface area contributed by atoms with Gasteiger partial charge in [0.05, 0.1) is 36.7 Å². The topological polar surface area (TPSA) is 87.3 Å². The number of hydrogen-bond acceptors (Lipinski definition) is 6. The molecule has 2 aromatic rings. The molecule has 2 fully saturated rings. The summed E-state index contributed by atoms with van der Waals surface area (Å²) in [4.78, 5) is 15.7. The van der Waals surface area contributed by atoms with Gasteiger partial charge in [-0.05, 0) is 30.5 Å². The number of ether oxygens (including phenoxy) is 1. The molecule has 29 heavy (non-hydrogen) atoms. The lowest BCUT2D eigenvalue weighted by Crippen LogP contribution is -2.26. The lowest BCUT2D eigenvalue weighted by Gasteiger charge is -2.21. The fraction of sp³-hybridized carbons (Fsp3) is 0.400. The predicted molar refractivity (Wildman–Crippen MR) is 102 cm³/mol. The average Bonchev–Trinajstić information content (AvgIpc) is 3.46. The monoisotopic (exact) mass is 394 g/mol. The number of cyclic esters (lactones) is 1. The smallest absolute Gasteiger partial charge is 0.414 e. The highest BCUT2D eigenvalue weighted by molar-refractivity contribution is 5.90. The van der Waals surface area contributed by atoms with E-state index in [2.05, 4.69) is 16.4 Å². The summed E-state index contributed by atoms with van der Waals surface area (Å²) in [5.74, 6) is 0.309. The molecule has 3 atom stereocenters. The van der Waals surface area contributed by atoms with Crippen LogP contribution in [0.5, 0.6) is 0 Å². The summed E-state index contributed by atoms with van der Waals surface area (Å²) in [6, 6.07) is 7.09. The number of halogens is 1. The van der Waals surface area contributed by atoms with E-state index in [4.69, 9.17) is 10.00 Å². The zero-order valence-electron chi connectivity index (χ0n) is 15.6. The summed E-state index contributed by atoms with van der Waals surface area (Å²) < 4.78 is 21.9. The van der Waals surface area contributed by atoms with Crippen molar-refractivity contribution in [1.29, 1.82) is 5.26 Å². The van der Waals surface area contributed by atoms with E-state index in [0.29, 0.717) is 42.8 Å². The number of rotatable bonds is 4. The van der Waals surface area contributed by atoms with E-state index in [0.717, 1.165) is 18.5 Å². The summed E-state index contributed by atoms with van der Waals surface area (Å²) >= 11 is 0. The van der Waals surface area contributed by atoms with Crippen molar-refractivity contribution in [3.05, 3.63) is 48.1 Å². The normalized spacial score (nSPS) is 25.7. The molecule has 8 nitrogen and oxygen atoms in total. The summed E-state index contributed by atoms with van der Waals surface area (Å²) in [5, 5.41) is 16.7. The number of carbonyl (C=O) groups excluding carboxylic acids is 1. The van der Waals surface area contributed by atoms with Gasteiger partial charge in [-0.2, -0.15) is 5.26 Å². The summed E-state index contributed by atoms with van der Waals surface area (Å²) in [6.45, 7) is 2.16. The van der Waals surface area contributed by atoms with Crippen molar-refractivity contribution in [2.24, 2.45) is 11.8 Å². The third-order valence-corrected chi connectivity index (χ3v) is 5.85. The molecule has 3 aliphatic rings. The number of benzene rings is 1. The van der Waals surface area contributed by atoms with Gasteiger partial charge in [0.2, 0.25) is 0 Å². The Morgan fingerprint density at radius 2 is 2.21 bits per heavy atom. The van der Waals surface area contributed by atoms with Crippen molar-refractivity contribution in [1.82, 2.24) is 15.0 Å². The van der Waals surface area contributed by atoms with E-state index < -0.39 is 6.09 Å². The number of hydrogen-bond donors (Lipinski definition) is 0. The van der Waals surface area contributed by atoms with Crippen LogP contribution in [0.25, 0.3) is 0 Å². The minimum atomic E-state index is -0.493. The molecule has 2 saturated heterocycles. The average molecular weight is 394 g/mol. The quantitative estimate of drug-likeness (QED) is 0.791. The zero-order chi connectivity index (χ0) is 20.0. The molecule has 1 amide bonds. The third kappa shape index (κ3) is 3.20. The Balaban J connectivity index is 1.29. The van der Waals surface area contributed by atoms with Crippen LogP contribution in [-0.2, 0) is 11.3 Å². The molecular weight excluding hydrogens is 375 g/mol. The molecular formula is C20H19FN6O2. The highest BCUT2D eigenvalue weighted by atomic mass is 19.1. The second-order valence-corrected chi connectivity index (χ2v) is 7.71. The molecule has 0 N–H and O–H groups in total. The number of allylic oxidation sites excluding steroid dienone is 1. The van der Waals surface area contributed by atoms with E-state index in [1.54, 1.807) is 29.2 Å². The Hall–Kier alpha value is -3.41. The van der Waals surface area contributed by atoms with Gasteiger partial charge >= 0.3 is 6.09 Å². The minimum absolute atomic E-state index is 0.301. The Kier molecular flexibility index (Phi) is 4.19. The fourth-order valence-electron chi connectivity index (χ4n) is 4.48. The number of amides is 1. The van der Waals surface area contributed by atoms with E-state index in [-0.39, 0.29) is 11.9 Å². The Morgan fingerprint density at radius 1 is 1.31 bits per heavy atom. The van der Waals surface area contributed by atoms with Gasteiger partial charge in [0.15, 0.2) is 0 Å². The molecule has 9 heteroatoms. The standard InChI is InChI=1S/C20H19FN6O2/c21-18-7-16(27-12-17(29-20(27)28)11-26-4-3-23-24-26)1-2-19(18)25-9-14-5-13(8-22)6-15(14)10-25/h1-5,7,14-15,17H,6,9-12H2/t14?,15?,17-/m0/s1. The van der Waals surface area contributed by atoms with Crippen LogP contribution in [-0.4, -0.2) is 46.8 Å². The number of nitriles is 1. The van der Waals surface area contributed by atoms with Crippen molar-refractivity contribution in [2.45, 2.75) is 19.1 Å². The van der Waals surface area contributed by atoms with E-state index in [9.17, 15) is 9.18 Å². The summed E-state index contributed by atoms with van der Waals surface area (Å²) in [6.07, 6.45) is 5.19. The molecule has 2 aliphatic heterocycles. The second-order valence-electron chi connectivity index (χ2n) is 7.71. The van der Waals surface area contributed by atoms with Crippen LogP contribution in [0.2, 0.25) is 0 Å². The fourth-order valence-corrected chi connectivity index (χ4v) is 4.48. The van der Waals surface area contributed by atoms with Gasteiger partial charge in [0.25, 0.3) is 0 Å². The summed E-state index contributed by atoms with van der Waals surface area (Å²) in [7, 11) is 0. The van der Waals surface area contributed by atoms with Crippen LogP contribution in [0.4, 0.5) is 20.6 Å². The molecule has 0 radical (unpaired) electrons. The SMILES string of the molecule is N#CC1=CC2CN(c3ccc(N4C[C@H](Cn5ccnn5)OC4=O)cc3F)CC2C1. The van der Waals surface area contributed by atoms with Gasteiger partial charge in [-0.15, -0.1) is 5.10 Å². The molecule has 0 spiro atoms. The predicted octanol–water partition coefficient (Wildman–Crippen LogP) is 2.35. The van der Waals surface area contributed by atoms with Gasteiger partial charge in [0, 0.05) is 30.8 Å². The lowest BCUT2D eigenvalue weighted by atomic mass is 10.00. The third-order valence-electron chi connectivity index (χ3n) is 5.85. The molecule has 5 rings (SSSR count). The number of nitrogens with zero attached hydrogens (tertiary/aromatic N) is 6. The zero-order valence-corrected chi connectivity index (χ0v) is 15.6. The van der Waals surface area contributed by atoms with E-state index in [1.165, 1.54) is 11.0 Å². The molecule has 3 heterocycles. The van der Waals surface area contributed by atoms with Crippen LogP contribution < -0.4 is 9.80 Å². The molecule has 0 saturated carbocycles. The van der Waals surface area contributed by atoms with Gasteiger partial charge in [-0.3, -0.25) is 4.90 Å². The minimum Gasteiger partial charge on any atom is -0.442 e. The maximum absolute atomic E-state index is 14.9. The molecule has 0 bridgehead atoms. The molecule has 1 aliphatic carbocycles. The highest BCUT2D eigenvalue weighted by Gasteiger charge is 2.38. The number of fused-ring (bicyclic) bond motifs is 1. The van der Waals surface area contributed by atoms with Gasteiger partial charge in [-0.25, -0.2) is 13.9 Å². The van der Waals surface area contributed by atoms with Gasteiger partial charge < -0.3 is 9.64 Å². The van der Waals surface area contributed by atoms with Crippen molar-refractivity contribution in [3.8, 4) is 6.07 Å². The van der Waals surface area contributed by atoms with Crippen LogP contribution in [0, 0.1) is 29.0 Å². The van der Waals surface area contributed by atoms with Crippen LogP contribution in [0.1, 0.15) is 6.42 Å². The van der Waals surface area contributed by atoms with E-state index in [1.807, 2.05) is 11.0 Å². The van der Waals surface area contributed by atoms with Gasteiger partial charge in [0.1, 0.15) is 11.9 Å². The van der Waals surface area contributed by atoms with E-state index >= 15 is 0 Å². The first-order valence-electron chi connectivity index (χ1n) is 9.58. The van der Waals surface area contributed by atoms with Crippen LogP contribution in [0.15, 0.2) is 42.2 Å². The van der Waals surface area contributed by atoms with Crippen molar-refractivity contribution < 1.29 is 13.9 Å². The first-order valence-corrected chi connectivity index (χ1v) is 9.58. The largest absolute Gasteiger partial charge is 0.442 e. The molecule has 1 aromatic heterocycles. The van der Waals surface area contributed by atoms with Crippen LogP contribution in [0.3, 0.4) is 0 Å². The van der Waals surface area contributed by atoms with Gasteiger partial charge in [-0.1, -0.05) is 11.3 Å². The second kappa shape index (κ2) is 6.88. The molecule has 2 unspecified atom stereocenters. The Bertz CT molecular complexity index is 1010. The number of carbonyl (C=O) groups is 1. The maximum atomic E-state index is 14.9. The highest BCUT2D eigenvalue weighted by Crippen LogP contribution is 2.39. The molecule has 148 valence electrons. The Labute approximate surface area is 166 Å². The van der Waals surface area contributed by atoms with Crippen molar-refractivity contribution in [3.63, 3.8) is 0 Å². The lowest BCUT2D eigenvalue weighted by molar-refractivity contribution is 0.129. The first kappa shape index (κ1) is 17.7.